The highest BCUT2D eigenvalue weighted by Gasteiger charge is 2.34. The van der Waals surface area contributed by atoms with E-state index in [1.807, 2.05) is 12.1 Å². The molecule has 1 aliphatic carbocycles. The zero-order chi connectivity index (χ0) is 14.4. The summed E-state index contributed by atoms with van der Waals surface area (Å²) in [4.78, 5) is 0. The monoisotopic (exact) mass is 278 g/mol. The van der Waals surface area contributed by atoms with Crippen molar-refractivity contribution < 1.29 is 9.50 Å². The largest absolute Gasteiger partial charge is 0.396 e. The molecule has 1 aliphatic rings. The number of rotatable bonds is 6. The molecule has 0 radical (unpaired) electrons. The molecule has 112 valence electrons. The topological polar surface area (TPSA) is 20.2 Å². The van der Waals surface area contributed by atoms with Crippen LogP contribution in [0.25, 0.3) is 0 Å². The summed E-state index contributed by atoms with van der Waals surface area (Å²) in [5, 5.41) is 9.85. The highest BCUT2D eigenvalue weighted by molar-refractivity contribution is 5.18. The molecule has 0 amide bonds. The number of hydrogen-bond donors (Lipinski definition) is 1. The van der Waals surface area contributed by atoms with Crippen LogP contribution >= 0.6 is 0 Å². The van der Waals surface area contributed by atoms with Crippen LogP contribution in [0.15, 0.2) is 24.3 Å². The lowest BCUT2D eigenvalue weighted by Crippen LogP contribution is -2.33. The standard InChI is InChI=1S/C18H27FO/c1-2-3-4-15-9-11-18(14-20,12-10-15)13-16-5-7-17(19)8-6-16/h5-8,15,20H,2-4,9-14H2,1H3. The molecule has 0 unspecified atom stereocenters. The molecule has 0 atom stereocenters. The average Bonchev–Trinajstić information content (AvgIpc) is 2.49. The van der Waals surface area contributed by atoms with Crippen LogP contribution in [0, 0.1) is 17.2 Å². The fourth-order valence-corrected chi connectivity index (χ4v) is 3.50. The molecule has 0 spiro atoms. The number of benzene rings is 1. The Morgan fingerprint density at radius 1 is 1.20 bits per heavy atom. The molecule has 2 heteroatoms. The lowest BCUT2D eigenvalue weighted by molar-refractivity contribution is 0.0620. The second kappa shape index (κ2) is 7.21. The van der Waals surface area contributed by atoms with E-state index < -0.39 is 0 Å². The molecule has 2 rings (SSSR count). The van der Waals surface area contributed by atoms with Crippen LogP contribution in [0.1, 0.15) is 57.4 Å². The maximum absolute atomic E-state index is 13.0. The van der Waals surface area contributed by atoms with Crippen LogP contribution in [0.5, 0.6) is 0 Å². The Kier molecular flexibility index (Phi) is 5.59. The highest BCUT2D eigenvalue weighted by Crippen LogP contribution is 2.42. The van der Waals surface area contributed by atoms with Crippen molar-refractivity contribution in [1.82, 2.24) is 0 Å². The molecular weight excluding hydrogens is 251 g/mol. The fraction of sp³-hybridized carbons (Fsp3) is 0.667. The van der Waals surface area contributed by atoms with Gasteiger partial charge in [-0.15, -0.1) is 0 Å². The average molecular weight is 278 g/mol. The predicted octanol–water partition coefficient (Wildman–Crippen LogP) is 4.73. The summed E-state index contributed by atoms with van der Waals surface area (Å²) in [6.07, 6.45) is 9.51. The predicted molar refractivity (Wildman–Crippen MR) is 81.1 cm³/mol. The molecule has 1 nitrogen and oxygen atoms in total. The van der Waals surface area contributed by atoms with Crippen LogP contribution in [0.4, 0.5) is 4.39 Å². The SMILES string of the molecule is CCCCC1CCC(CO)(Cc2ccc(F)cc2)CC1. The summed E-state index contributed by atoms with van der Waals surface area (Å²) in [5.74, 6) is 0.665. The van der Waals surface area contributed by atoms with E-state index in [2.05, 4.69) is 6.92 Å². The molecule has 1 aromatic carbocycles. The molecule has 0 bridgehead atoms. The van der Waals surface area contributed by atoms with Gasteiger partial charge in [-0.3, -0.25) is 0 Å². The normalized spacial score (nSPS) is 26.6. The van der Waals surface area contributed by atoms with Crippen LogP contribution in [-0.4, -0.2) is 11.7 Å². The highest BCUT2D eigenvalue weighted by atomic mass is 19.1. The quantitative estimate of drug-likeness (QED) is 0.797. The summed E-state index contributed by atoms with van der Waals surface area (Å²) < 4.78 is 13.0. The van der Waals surface area contributed by atoms with Gasteiger partial charge in [0.05, 0.1) is 0 Å². The fourth-order valence-electron chi connectivity index (χ4n) is 3.50. The van der Waals surface area contributed by atoms with Crippen LogP contribution in [0.3, 0.4) is 0 Å². The molecule has 1 saturated carbocycles. The Labute approximate surface area is 122 Å². The van der Waals surface area contributed by atoms with E-state index in [0.717, 1.165) is 30.7 Å². The molecule has 20 heavy (non-hydrogen) atoms. The van der Waals surface area contributed by atoms with E-state index in [1.54, 1.807) is 0 Å². The Bertz CT molecular complexity index is 390. The van der Waals surface area contributed by atoms with E-state index in [0.29, 0.717) is 0 Å². The number of unbranched alkanes of at least 4 members (excludes halogenated alkanes) is 1. The number of hydrogen-bond acceptors (Lipinski definition) is 1. The first kappa shape index (κ1) is 15.5. The van der Waals surface area contributed by atoms with Crippen molar-refractivity contribution in [2.75, 3.05) is 6.61 Å². The summed E-state index contributed by atoms with van der Waals surface area (Å²) in [6, 6.07) is 6.76. The van der Waals surface area contributed by atoms with E-state index >= 15 is 0 Å². The third kappa shape index (κ3) is 4.05. The first-order chi connectivity index (χ1) is 9.67. The number of halogens is 1. The van der Waals surface area contributed by atoms with Gasteiger partial charge in [-0.25, -0.2) is 4.39 Å². The Hall–Kier alpha value is -0.890. The molecule has 0 aliphatic heterocycles. The second-order valence-corrected chi connectivity index (χ2v) is 6.55. The van der Waals surface area contributed by atoms with Crippen molar-refractivity contribution in [3.8, 4) is 0 Å². The summed E-state index contributed by atoms with van der Waals surface area (Å²) in [7, 11) is 0. The Balaban J connectivity index is 1.92. The van der Waals surface area contributed by atoms with Gasteiger partial charge in [-0.1, -0.05) is 38.3 Å². The summed E-state index contributed by atoms with van der Waals surface area (Å²) >= 11 is 0. The van der Waals surface area contributed by atoms with Crippen LogP contribution in [0.2, 0.25) is 0 Å². The molecular formula is C18H27FO. The van der Waals surface area contributed by atoms with Gasteiger partial charge in [-0.2, -0.15) is 0 Å². The van der Waals surface area contributed by atoms with Gasteiger partial charge in [0.2, 0.25) is 0 Å². The zero-order valence-electron chi connectivity index (χ0n) is 12.6. The van der Waals surface area contributed by atoms with Gasteiger partial charge < -0.3 is 5.11 Å². The third-order valence-electron chi connectivity index (χ3n) is 4.96. The van der Waals surface area contributed by atoms with E-state index in [4.69, 9.17) is 0 Å². The van der Waals surface area contributed by atoms with Gasteiger partial charge in [0.1, 0.15) is 5.82 Å². The minimum absolute atomic E-state index is 0.0283. The maximum atomic E-state index is 13.0. The van der Waals surface area contributed by atoms with Crippen molar-refractivity contribution in [2.45, 2.75) is 58.3 Å². The van der Waals surface area contributed by atoms with Gasteiger partial charge in [0, 0.05) is 6.61 Å². The molecule has 1 aromatic rings. The molecule has 1 N–H and O–H groups in total. The minimum atomic E-state index is -0.185. The van der Waals surface area contributed by atoms with Crippen molar-refractivity contribution in [3.05, 3.63) is 35.6 Å². The van der Waals surface area contributed by atoms with E-state index in [-0.39, 0.29) is 17.8 Å². The van der Waals surface area contributed by atoms with E-state index in [9.17, 15) is 9.50 Å². The van der Waals surface area contributed by atoms with Gasteiger partial charge in [0.25, 0.3) is 0 Å². The van der Waals surface area contributed by atoms with Gasteiger partial charge >= 0.3 is 0 Å². The van der Waals surface area contributed by atoms with Crippen molar-refractivity contribution in [2.24, 2.45) is 11.3 Å². The first-order valence-corrected chi connectivity index (χ1v) is 8.03. The lowest BCUT2D eigenvalue weighted by Gasteiger charge is -2.39. The van der Waals surface area contributed by atoms with Gasteiger partial charge in [-0.05, 0) is 61.1 Å². The van der Waals surface area contributed by atoms with Crippen molar-refractivity contribution in [3.63, 3.8) is 0 Å². The number of aliphatic hydroxyl groups excluding tert-OH is 1. The lowest BCUT2D eigenvalue weighted by atomic mass is 9.67. The van der Waals surface area contributed by atoms with E-state index in [1.165, 1.54) is 44.2 Å². The molecule has 1 fully saturated rings. The summed E-state index contributed by atoms with van der Waals surface area (Å²) in [6.45, 7) is 2.50. The minimum Gasteiger partial charge on any atom is -0.396 e. The number of aliphatic hydroxyl groups is 1. The first-order valence-electron chi connectivity index (χ1n) is 8.03. The molecule has 0 saturated heterocycles. The Morgan fingerprint density at radius 2 is 1.85 bits per heavy atom. The van der Waals surface area contributed by atoms with Crippen LogP contribution in [-0.2, 0) is 6.42 Å². The summed E-state index contributed by atoms with van der Waals surface area (Å²) in [5.41, 5.74) is 1.17. The van der Waals surface area contributed by atoms with Crippen molar-refractivity contribution >= 4 is 0 Å². The second-order valence-electron chi connectivity index (χ2n) is 6.55. The van der Waals surface area contributed by atoms with Crippen LogP contribution < -0.4 is 0 Å². The third-order valence-corrected chi connectivity index (χ3v) is 4.96. The Morgan fingerprint density at radius 3 is 2.40 bits per heavy atom. The zero-order valence-corrected chi connectivity index (χ0v) is 12.6. The maximum Gasteiger partial charge on any atom is 0.123 e. The smallest absolute Gasteiger partial charge is 0.123 e. The molecule has 0 heterocycles. The van der Waals surface area contributed by atoms with Crippen molar-refractivity contribution in [1.29, 1.82) is 0 Å². The molecule has 0 aromatic heterocycles. The van der Waals surface area contributed by atoms with Gasteiger partial charge in [0.15, 0.2) is 0 Å².